The number of hydrogen-bond acceptors (Lipinski definition) is 3. The lowest BCUT2D eigenvalue weighted by Gasteiger charge is -2.27. The van der Waals surface area contributed by atoms with Gasteiger partial charge in [-0.2, -0.15) is 0 Å². The third-order valence-electron chi connectivity index (χ3n) is 2.79. The third kappa shape index (κ3) is 3.20. The van der Waals surface area contributed by atoms with Crippen molar-refractivity contribution in [2.24, 2.45) is 0 Å². The molecule has 2 atom stereocenters. The fourth-order valence-corrected chi connectivity index (χ4v) is 1.92. The fraction of sp³-hybridized carbons (Fsp3) is 0.818. The van der Waals surface area contributed by atoms with E-state index in [0.717, 1.165) is 6.42 Å². The molecular formula is C11H20N2O3. The fourth-order valence-electron chi connectivity index (χ4n) is 1.92. The number of nitrogens with one attached hydrogen (secondary N) is 1. The molecule has 16 heavy (non-hydrogen) atoms. The molecule has 2 amide bonds. The van der Waals surface area contributed by atoms with Crippen molar-refractivity contribution < 1.29 is 14.3 Å². The molecule has 0 saturated carbocycles. The molecule has 1 aliphatic heterocycles. The van der Waals surface area contributed by atoms with E-state index in [2.05, 4.69) is 5.32 Å². The Kier molecular flexibility index (Phi) is 4.73. The van der Waals surface area contributed by atoms with E-state index in [9.17, 15) is 9.59 Å². The van der Waals surface area contributed by atoms with Crippen molar-refractivity contribution in [3.05, 3.63) is 0 Å². The van der Waals surface area contributed by atoms with E-state index in [4.69, 9.17) is 4.74 Å². The summed E-state index contributed by atoms with van der Waals surface area (Å²) in [5, 5.41) is 2.68. The molecule has 0 aromatic rings. The first-order chi connectivity index (χ1) is 7.56. The van der Waals surface area contributed by atoms with Crippen LogP contribution in [-0.4, -0.2) is 49.1 Å². The lowest BCUT2D eigenvalue weighted by molar-refractivity contribution is -0.134. The van der Waals surface area contributed by atoms with E-state index >= 15 is 0 Å². The molecule has 5 heteroatoms. The number of nitrogens with zero attached hydrogens (tertiary/aromatic N) is 1. The highest BCUT2D eigenvalue weighted by molar-refractivity contribution is 5.90. The number of ether oxygens (including phenoxy) is 1. The maximum absolute atomic E-state index is 12.0. The molecule has 0 bridgehead atoms. The Morgan fingerprint density at radius 3 is 2.75 bits per heavy atom. The van der Waals surface area contributed by atoms with Gasteiger partial charge in [0.15, 0.2) is 0 Å². The van der Waals surface area contributed by atoms with Crippen LogP contribution in [0.2, 0.25) is 0 Å². The minimum atomic E-state index is -0.417. The Morgan fingerprint density at radius 1 is 1.44 bits per heavy atom. The summed E-state index contributed by atoms with van der Waals surface area (Å²) in [7, 11) is 1.64. The minimum Gasteiger partial charge on any atom is -0.385 e. The van der Waals surface area contributed by atoms with Gasteiger partial charge in [0, 0.05) is 32.7 Å². The van der Waals surface area contributed by atoms with E-state index in [1.807, 2.05) is 6.92 Å². The summed E-state index contributed by atoms with van der Waals surface area (Å²) < 4.78 is 4.96. The molecule has 0 aromatic heterocycles. The molecule has 0 spiro atoms. The summed E-state index contributed by atoms with van der Waals surface area (Å²) in [5.74, 6) is -0.0583. The van der Waals surface area contributed by atoms with Crippen LogP contribution in [0.25, 0.3) is 0 Å². The quantitative estimate of drug-likeness (QED) is 0.697. The number of hydrogen-bond donors (Lipinski definition) is 1. The normalized spacial score (nSPS) is 26.6. The zero-order chi connectivity index (χ0) is 12.1. The van der Waals surface area contributed by atoms with Crippen LogP contribution in [0, 0.1) is 0 Å². The number of amides is 2. The van der Waals surface area contributed by atoms with Gasteiger partial charge in [-0.3, -0.25) is 9.59 Å². The minimum absolute atomic E-state index is 0.00514. The van der Waals surface area contributed by atoms with Crippen molar-refractivity contribution in [2.45, 2.75) is 38.8 Å². The van der Waals surface area contributed by atoms with Gasteiger partial charge in [0.1, 0.15) is 6.04 Å². The SMILES string of the molecule is COCCCN1C(=O)C(C)NC(=O)CC1C. The van der Waals surface area contributed by atoms with Crippen molar-refractivity contribution in [1.29, 1.82) is 0 Å². The molecule has 5 nitrogen and oxygen atoms in total. The average molecular weight is 228 g/mol. The molecule has 1 rings (SSSR count). The van der Waals surface area contributed by atoms with Crippen LogP contribution in [0.5, 0.6) is 0 Å². The van der Waals surface area contributed by atoms with Crippen LogP contribution >= 0.6 is 0 Å². The van der Waals surface area contributed by atoms with Crippen molar-refractivity contribution in [3.8, 4) is 0 Å². The van der Waals surface area contributed by atoms with Crippen LogP contribution < -0.4 is 5.32 Å². The Bertz CT molecular complexity index is 268. The standard InChI is InChI=1S/C11H20N2O3/c1-8-7-10(14)12-9(2)11(15)13(8)5-4-6-16-3/h8-9H,4-7H2,1-3H3,(H,12,14). The van der Waals surface area contributed by atoms with Gasteiger partial charge in [0.05, 0.1) is 0 Å². The summed E-state index contributed by atoms with van der Waals surface area (Å²) in [6, 6.07) is -0.450. The van der Waals surface area contributed by atoms with Crippen LogP contribution in [0.4, 0.5) is 0 Å². The van der Waals surface area contributed by atoms with Gasteiger partial charge in [-0.1, -0.05) is 0 Å². The number of carbonyl (C=O) groups excluding carboxylic acids is 2. The van der Waals surface area contributed by atoms with Gasteiger partial charge in [-0.15, -0.1) is 0 Å². The summed E-state index contributed by atoms with van der Waals surface area (Å²) in [4.78, 5) is 25.1. The average Bonchev–Trinajstić information content (AvgIpc) is 2.30. The largest absolute Gasteiger partial charge is 0.385 e. The van der Waals surface area contributed by atoms with E-state index in [-0.39, 0.29) is 17.9 Å². The second-order valence-electron chi connectivity index (χ2n) is 4.22. The van der Waals surface area contributed by atoms with Crippen molar-refractivity contribution in [3.63, 3.8) is 0 Å². The zero-order valence-electron chi connectivity index (χ0n) is 10.2. The van der Waals surface area contributed by atoms with Crippen LogP contribution in [0.15, 0.2) is 0 Å². The molecule has 0 aromatic carbocycles. The van der Waals surface area contributed by atoms with Gasteiger partial charge in [-0.05, 0) is 20.3 Å². The lowest BCUT2D eigenvalue weighted by Crippen LogP contribution is -2.45. The van der Waals surface area contributed by atoms with Gasteiger partial charge in [0.25, 0.3) is 0 Å². The first-order valence-electron chi connectivity index (χ1n) is 5.65. The maximum atomic E-state index is 12.0. The molecule has 2 unspecified atom stereocenters. The first-order valence-corrected chi connectivity index (χ1v) is 5.65. The second-order valence-corrected chi connectivity index (χ2v) is 4.22. The Labute approximate surface area is 96.1 Å². The molecular weight excluding hydrogens is 208 g/mol. The maximum Gasteiger partial charge on any atom is 0.245 e. The zero-order valence-corrected chi connectivity index (χ0v) is 10.2. The van der Waals surface area contributed by atoms with Crippen molar-refractivity contribution in [2.75, 3.05) is 20.3 Å². The van der Waals surface area contributed by atoms with E-state index < -0.39 is 6.04 Å². The van der Waals surface area contributed by atoms with E-state index in [0.29, 0.717) is 19.6 Å². The van der Waals surface area contributed by atoms with Gasteiger partial charge < -0.3 is 15.0 Å². The predicted molar refractivity (Wildman–Crippen MR) is 59.9 cm³/mol. The van der Waals surface area contributed by atoms with E-state index in [1.165, 1.54) is 0 Å². The Balaban J connectivity index is 2.63. The number of carbonyl (C=O) groups is 2. The highest BCUT2D eigenvalue weighted by Crippen LogP contribution is 2.11. The van der Waals surface area contributed by atoms with Gasteiger partial charge >= 0.3 is 0 Å². The smallest absolute Gasteiger partial charge is 0.245 e. The lowest BCUT2D eigenvalue weighted by atomic mass is 10.2. The highest BCUT2D eigenvalue weighted by Gasteiger charge is 2.30. The molecule has 1 fully saturated rings. The summed E-state index contributed by atoms with van der Waals surface area (Å²) >= 11 is 0. The molecule has 0 aliphatic carbocycles. The van der Waals surface area contributed by atoms with Gasteiger partial charge in [0.2, 0.25) is 11.8 Å². The molecule has 1 aliphatic rings. The highest BCUT2D eigenvalue weighted by atomic mass is 16.5. The Hall–Kier alpha value is -1.10. The summed E-state index contributed by atoms with van der Waals surface area (Å²) in [5.41, 5.74) is 0. The molecule has 1 heterocycles. The van der Waals surface area contributed by atoms with Crippen LogP contribution in [0.3, 0.4) is 0 Å². The van der Waals surface area contributed by atoms with Gasteiger partial charge in [-0.25, -0.2) is 0 Å². The summed E-state index contributed by atoms with van der Waals surface area (Å²) in [6.45, 7) is 4.91. The van der Waals surface area contributed by atoms with Crippen molar-refractivity contribution >= 4 is 11.8 Å². The van der Waals surface area contributed by atoms with Crippen LogP contribution in [0.1, 0.15) is 26.7 Å². The number of methoxy groups -OCH3 is 1. The monoisotopic (exact) mass is 228 g/mol. The third-order valence-corrected chi connectivity index (χ3v) is 2.79. The van der Waals surface area contributed by atoms with E-state index in [1.54, 1.807) is 18.9 Å². The number of rotatable bonds is 4. The first kappa shape index (κ1) is 13.0. The molecule has 92 valence electrons. The molecule has 1 N–H and O–H groups in total. The molecule has 0 radical (unpaired) electrons. The Morgan fingerprint density at radius 2 is 2.12 bits per heavy atom. The predicted octanol–water partition coefficient (Wildman–Crippen LogP) is 0.148. The molecule has 1 saturated heterocycles. The van der Waals surface area contributed by atoms with Crippen LogP contribution in [-0.2, 0) is 14.3 Å². The van der Waals surface area contributed by atoms with Crippen molar-refractivity contribution in [1.82, 2.24) is 10.2 Å². The topological polar surface area (TPSA) is 58.6 Å². The second kappa shape index (κ2) is 5.84. The summed E-state index contributed by atoms with van der Waals surface area (Å²) in [6.07, 6.45) is 1.18.